The average molecular weight is 263 g/mol. The summed E-state index contributed by atoms with van der Waals surface area (Å²) in [7, 11) is 0. The summed E-state index contributed by atoms with van der Waals surface area (Å²) in [5, 5.41) is 6.19. The fraction of sp³-hybridized carbons (Fsp3) is 0.615. The fourth-order valence-electron chi connectivity index (χ4n) is 2.03. The summed E-state index contributed by atoms with van der Waals surface area (Å²) in [6.07, 6.45) is 1.47. The second-order valence-corrected chi connectivity index (χ2v) is 5.28. The zero-order valence-corrected chi connectivity index (χ0v) is 11.7. The number of nitrogens with one attached hydrogen (secondary N) is 2. The van der Waals surface area contributed by atoms with Crippen molar-refractivity contribution < 1.29 is 4.79 Å². The smallest absolute Gasteiger partial charge is 0.220 e. The molecule has 0 aromatic carbocycles. The molecule has 2 rings (SSSR count). The molecular weight excluding hydrogens is 242 g/mol. The summed E-state index contributed by atoms with van der Waals surface area (Å²) in [6, 6.07) is 0.172. The second-order valence-electron chi connectivity index (χ2n) is 5.28. The van der Waals surface area contributed by atoms with Crippen molar-refractivity contribution in [2.45, 2.75) is 45.6 Å². The zero-order chi connectivity index (χ0) is 14.0. The van der Waals surface area contributed by atoms with Crippen molar-refractivity contribution >= 4 is 17.5 Å². The minimum Gasteiger partial charge on any atom is -0.383 e. The summed E-state index contributed by atoms with van der Waals surface area (Å²) in [5.41, 5.74) is 6.76. The Balaban J connectivity index is 2.08. The third-order valence-electron chi connectivity index (χ3n) is 3.32. The van der Waals surface area contributed by atoms with Crippen LogP contribution in [0.4, 0.5) is 11.6 Å². The molecule has 0 spiro atoms. The fourth-order valence-corrected chi connectivity index (χ4v) is 2.03. The molecule has 104 valence electrons. The van der Waals surface area contributed by atoms with E-state index in [1.807, 2.05) is 20.8 Å². The lowest BCUT2D eigenvalue weighted by Crippen LogP contribution is -2.32. The van der Waals surface area contributed by atoms with Crippen LogP contribution in [-0.4, -0.2) is 28.5 Å². The molecule has 6 heteroatoms. The number of nitrogen functional groups attached to an aromatic ring is 1. The van der Waals surface area contributed by atoms with Crippen molar-refractivity contribution in [3.8, 4) is 0 Å². The molecular formula is C13H21N5O. The highest BCUT2D eigenvalue weighted by molar-refractivity contribution is 5.78. The van der Waals surface area contributed by atoms with E-state index in [0.29, 0.717) is 18.8 Å². The quantitative estimate of drug-likeness (QED) is 0.758. The number of carbonyl (C=O) groups is 1. The second kappa shape index (κ2) is 5.42. The van der Waals surface area contributed by atoms with Crippen LogP contribution < -0.4 is 16.4 Å². The Bertz CT molecular complexity index is 486. The summed E-state index contributed by atoms with van der Waals surface area (Å²) >= 11 is 0. The third kappa shape index (κ3) is 3.13. The van der Waals surface area contributed by atoms with Crippen molar-refractivity contribution in [2.24, 2.45) is 0 Å². The van der Waals surface area contributed by atoms with Crippen LogP contribution in [0.5, 0.6) is 0 Å². The highest BCUT2D eigenvalue weighted by Gasteiger charge is 2.21. The predicted molar refractivity (Wildman–Crippen MR) is 74.9 cm³/mol. The van der Waals surface area contributed by atoms with E-state index in [2.05, 4.69) is 20.6 Å². The normalized spacial score (nSPS) is 18.7. The van der Waals surface area contributed by atoms with Gasteiger partial charge in [0.15, 0.2) is 0 Å². The van der Waals surface area contributed by atoms with E-state index >= 15 is 0 Å². The van der Waals surface area contributed by atoms with Crippen LogP contribution in [0.1, 0.15) is 44.0 Å². The van der Waals surface area contributed by atoms with E-state index in [9.17, 15) is 4.79 Å². The maximum atomic E-state index is 11.1. The standard InChI is InChI=1S/C13H21N5O/c1-7(2)12-17-11(14)8(3)13(18-12)15-6-9-4-5-10(19)16-9/h7,9H,4-6H2,1-3H3,(H,16,19)(H3,14,15,17,18). The van der Waals surface area contributed by atoms with Gasteiger partial charge in [-0.2, -0.15) is 0 Å². The van der Waals surface area contributed by atoms with Crippen LogP contribution in [0.25, 0.3) is 0 Å². The highest BCUT2D eigenvalue weighted by atomic mass is 16.1. The number of anilines is 2. The number of amides is 1. The van der Waals surface area contributed by atoms with Crippen LogP contribution in [0, 0.1) is 6.92 Å². The summed E-state index contributed by atoms with van der Waals surface area (Å²) < 4.78 is 0. The summed E-state index contributed by atoms with van der Waals surface area (Å²) in [6.45, 7) is 6.63. The monoisotopic (exact) mass is 263 g/mol. The maximum Gasteiger partial charge on any atom is 0.220 e. The maximum absolute atomic E-state index is 11.1. The van der Waals surface area contributed by atoms with Gasteiger partial charge in [0.1, 0.15) is 17.5 Å². The number of hydrogen-bond acceptors (Lipinski definition) is 5. The molecule has 0 radical (unpaired) electrons. The van der Waals surface area contributed by atoms with Crippen molar-refractivity contribution in [1.82, 2.24) is 15.3 Å². The molecule has 2 heterocycles. The number of hydrogen-bond donors (Lipinski definition) is 3. The van der Waals surface area contributed by atoms with E-state index in [1.165, 1.54) is 0 Å². The Kier molecular flexibility index (Phi) is 3.87. The van der Waals surface area contributed by atoms with E-state index < -0.39 is 0 Å². The minimum absolute atomic E-state index is 0.119. The first-order valence-electron chi connectivity index (χ1n) is 6.64. The van der Waals surface area contributed by atoms with Crippen LogP contribution in [0.3, 0.4) is 0 Å². The molecule has 0 bridgehead atoms. The SMILES string of the molecule is Cc1c(N)nc(C(C)C)nc1NCC1CCC(=O)N1. The predicted octanol–water partition coefficient (Wildman–Crippen LogP) is 1.18. The largest absolute Gasteiger partial charge is 0.383 e. The third-order valence-corrected chi connectivity index (χ3v) is 3.32. The van der Waals surface area contributed by atoms with Crippen molar-refractivity contribution in [3.05, 3.63) is 11.4 Å². The van der Waals surface area contributed by atoms with E-state index in [1.54, 1.807) is 0 Å². The summed E-state index contributed by atoms with van der Waals surface area (Å²) in [4.78, 5) is 19.9. The van der Waals surface area contributed by atoms with Crippen LogP contribution in [0.2, 0.25) is 0 Å². The number of nitrogens with two attached hydrogens (primary N) is 1. The lowest BCUT2D eigenvalue weighted by Gasteiger charge is -2.16. The Morgan fingerprint density at radius 3 is 2.79 bits per heavy atom. The van der Waals surface area contributed by atoms with Gasteiger partial charge in [0, 0.05) is 30.5 Å². The van der Waals surface area contributed by atoms with E-state index in [4.69, 9.17) is 5.73 Å². The Hall–Kier alpha value is -1.85. The lowest BCUT2D eigenvalue weighted by atomic mass is 10.2. The van der Waals surface area contributed by atoms with E-state index in [0.717, 1.165) is 23.6 Å². The molecule has 1 aliphatic heterocycles. The number of aromatic nitrogens is 2. The van der Waals surface area contributed by atoms with Gasteiger partial charge >= 0.3 is 0 Å². The number of rotatable bonds is 4. The first-order valence-corrected chi connectivity index (χ1v) is 6.64. The van der Waals surface area contributed by atoms with Gasteiger partial charge in [0.05, 0.1) is 0 Å². The first kappa shape index (κ1) is 13.6. The van der Waals surface area contributed by atoms with Gasteiger partial charge in [-0.25, -0.2) is 9.97 Å². The lowest BCUT2D eigenvalue weighted by molar-refractivity contribution is -0.119. The Morgan fingerprint density at radius 1 is 1.47 bits per heavy atom. The molecule has 4 N–H and O–H groups in total. The number of nitrogens with zero attached hydrogens (tertiary/aromatic N) is 2. The molecule has 19 heavy (non-hydrogen) atoms. The molecule has 1 aromatic heterocycles. The molecule has 1 fully saturated rings. The molecule has 1 saturated heterocycles. The summed E-state index contributed by atoms with van der Waals surface area (Å²) in [5.74, 6) is 2.36. The molecule has 1 unspecified atom stereocenters. The van der Waals surface area contributed by atoms with Crippen molar-refractivity contribution in [3.63, 3.8) is 0 Å². The topological polar surface area (TPSA) is 92.9 Å². The average Bonchev–Trinajstić information content (AvgIpc) is 2.76. The van der Waals surface area contributed by atoms with Gasteiger partial charge in [-0.15, -0.1) is 0 Å². The molecule has 1 aliphatic rings. The van der Waals surface area contributed by atoms with Gasteiger partial charge < -0.3 is 16.4 Å². The van der Waals surface area contributed by atoms with E-state index in [-0.39, 0.29) is 17.9 Å². The Morgan fingerprint density at radius 2 is 2.21 bits per heavy atom. The van der Waals surface area contributed by atoms with Gasteiger partial charge in [0.25, 0.3) is 0 Å². The van der Waals surface area contributed by atoms with Crippen molar-refractivity contribution in [1.29, 1.82) is 0 Å². The molecule has 1 atom stereocenters. The molecule has 1 amide bonds. The van der Waals surface area contributed by atoms with Crippen LogP contribution >= 0.6 is 0 Å². The molecule has 6 nitrogen and oxygen atoms in total. The van der Waals surface area contributed by atoms with Crippen LogP contribution in [-0.2, 0) is 4.79 Å². The molecule has 0 aliphatic carbocycles. The molecule has 1 aromatic rings. The zero-order valence-electron chi connectivity index (χ0n) is 11.7. The van der Waals surface area contributed by atoms with Gasteiger partial charge in [-0.05, 0) is 13.3 Å². The van der Waals surface area contributed by atoms with Gasteiger partial charge in [-0.1, -0.05) is 13.8 Å². The first-order chi connectivity index (χ1) is 8.97. The highest BCUT2D eigenvalue weighted by Crippen LogP contribution is 2.21. The van der Waals surface area contributed by atoms with Gasteiger partial charge in [-0.3, -0.25) is 4.79 Å². The van der Waals surface area contributed by atoms with Crippen molar-refractivity contribution in [2.75, 3.05) is 17.6 Å². The Labute approximate surface area is 113 Å². The van der Waals surface area contributed by atoms with Gasteiger partial charge in [0.2, 0.25) is 5.91 Å². The van der Waals surface area contributed by atoms with Crippen LogP contribution in [0.15, 0.2) is 0 Å². The molecule has 0 saturated carbocycles. The minimum atomic E-state index is 0.119. The number of carbonyl (C=O) groups excluding carboxylic acids is 1.